The second-order valence-corrected chi connectivity index (χ2v) is 5.66. The first-order valence-corrected chi connectivity index (χ1v) is 7.09. The minimum absolute atomic E-state index is 0.0443. The quantitative estimate of drug-likeness (QED) is 0.865. The predicted molar refractivity (Wildman–Crippen MR) is 69.4 cm³/mol. The first-order valence-electron chi connectivity index (χ1n) is 6.21. The number of nitrogens with one attached hydrogen (secondary N) is 1. The van der Waals surface area contributed by atoms with Crippen LogP contribution in [0, 0.1) is 0 Å². The molecule has 2 N–H and O–H groups in total. The Morgan fingerprint density at radius 3 is 2.88 bits per heavy atom. The third-order valence-corrected chi connectivity index (χ3v) is 4.40. The average Bonchev–Trinajstić information content (AvgIpc) is 2.95. The Bertz CT molecular complexity index is 394. The summed E-state index contributed by atoms with van der Waals surface area (Å²) in [4.78, 5) is 12.8. The van der Waals surface area contributed by atoms with Gasteiger partial charge in [0.25, 0.3) is 5.91 Å². The molecule has 17 heavy (non-hydrogen) atoms. The highest BCUT2D eigenvalue weighted by Gasteiger charge is 2.31. The topological polar surface area (TPSA) is 49.3 Å². The Balaban J connectivity index is 1.93. The molecular formula is C13H19NO2S. The van der Waals surface area contributed by atoms with Crippen molar-refractivity contribution in [3.05, 3.63) is 21.9 Å². The van der Waals surface area contributed by atoms with Crippen molar-refractivity contribution in [3.8, 4) is 0 Å². The van der Waals surface area contributed by atoms with Crippen molar-refractivity contribution in [2.75, 3.05) is 6.54 Å². The van der Waals surface area contributed by atoms with Crippen LogP contribution in [0.3, 0.4) is 0 Å². The Hall–Kier alpha value is -0.870. The molecule has 3 nitrogen and oxygen atoms in total. The van der Waals surface area contributed by atoms with Crippen molar-refractivity contribution in [2.45, 2.75) is 44.6 Å². The van der Waals surface area contributed by atoms with Crippen LogP contribution in [0.25, 0.3) is 0 Å². The van der Waals surface area contributed by atoms with Gasteiger partial charge in [0.05, 0.1) is 10.5 Å². The fourth-order valence-electron chi connectivity index (χ4n) is 2.35. The van der Waals surface area contributed by atoms with Gasteiger partial charge in [-0.05, 0) is 36.3 Å². The third kappa shape index (κ3) is 2.87. The molecule has 0 radical (unpaired) electrons. The lowest BCUT2D eigenvalue weighted by Gasteiger charge is -2.22. The summed E-state index contributed by atoms with van der Waals surface area (Å²) < 4.78 is 0. The lowest BCUT2D eigenvalue weighted by Crippen LogP contribution is -2.40. The van der Waals surface area contributed by atoms with E-state index in [0.29, 0.717) is 6.54 Å². The summed E-state index contributed by atoms with van der Waals surface area (Å²) >= 11 is 1.47. The van der Waals surface area contributed by atoms with Gasteiger partial charge in [-0.15, -0.1) is 11.3 Å². The van der Waals surface area contributed by atoms with E-state index in [1.807, 2.05) is 18.4 Å². The van der Waals surface area contributed by atoms with E-state index in [-0.39, 0.29) is 5.91 Å². The van der Waals surface area contributed by atoms with Gasteiger partial charge in [0, 0.05) is 6.54 Å². The summed E-state index contributed by atoms with van der Waals surface area (Å²) in [5.74, 6) is -0.0443. The number of thiophene rings is 1. The van der Waals surface area contributed by atoms with Gasteiger partial charge in [0.2, 0.25) is 0 Å². The van der Waals surface area contributed by atoms with E-state index in [1.165, 1.54) is 11.3 Å². The number of aryl methyl sites for hydroxylation is 1. The Morgan fingerprint density at radius 1 is 1.53 bits per heavy atom. The molecule has 1 aliphatic rings. The van der Waals surface area contributed by atoms with Crippen molar-refractivity contribution in [2.24, 2.45) is 0 Å². The molecule has 1 heterocycles. The van der Waals surface area contributed by atoms with E-state index in [9.17, 15) is 9.90 Å². The van der Waals surface area contributed by atoms with Gasteiger partial charge in [-0.2, -0.15) is 0 Å². The molecule has 1 aliphatic carbocycles. The minimum Gasteiger partial charge on any atom is -0.388 e. The van der Waals surface area contributed by atoms with Crippen LogP contribution in [0.15, 0.2) is 11.4 Å². The monoisotopic (exact) mass is 253 g/mol. The van der Waals surface area contributed by atoms with Crippen LogP contribution in [0.4, 0.5) is 0 Å². The maximum Gasteiger partial charge on any atom is 0.261 e. The summed E-state index contributed by atoms with van der Waals surface area (Å²) in [6.07, 6.45) is 4.60. The molecule has 0 aromatic carbocycles. The smallest absolute Gasteiger partial charge is 0.261 e. The molecule has 0 unspecified atom stereocenters. The van der Waals surface area contributed by atoms with Crippen molar-refractivity contribution in [1.82, 2.24) is 5.32 Å². The van der Waals surface area contributed by atoms with Crippen LogP contribution in [0.1, 0.15) is 47.8 Å². The van der Waals surface area contributed by atoms with E-state index in [1.54, 1.807) is 0 Å². The molecule has 1 fully saturated rings. The zero-order chi connectivity index (χ0) is 12.3. The molecule has 0 saturated heterocycles. The van der Waals surface area contributed by atoms with Crippen LogP contribution >= 0.6 is 11.3 Å². The number of hydrogen-bond donors (Lipinski definition) is 2. The number of carbonyl (C=O) groups excluding carboxylic acids is 1. The van der Waals surface area contributed by atoms with Crippen molar-refractivity contribution >= 4 is 17.2 Å². The lowest BCUT2D eigenvalue weighted by molar-refractivity contribution is 0.0450. The van der Waals surface area contributed by atoms with Crippen LogP contribution in [-0.2, 0) is 6.42 Å². The molecule has 0 spiro atoms. The van der Waals surface area contributed by atoms with Gasteiger partial charge in [0.1, 0.15) is 0 Å². The van der Waals surface area contributed by atoms with E-state index >= 15 is 0 Å². The van der Waals surface area contributed by atoms with Crippen LogP contribution in [0.2, 0.25) is 0 Å². The van der Waals surface area contributed by atoms with Gasteiger partial charge < -0.3 is 10.4 Å². The second-order valence-electron chi connectivity index (χ2n) is 4.74. The third-order valence-electron chi connectivity index (χ3n) is 3.45. The number of carbonyl (C=O) groups is 1. The normalized spacial score (nSPS) is 18.2. The lowest BCUT2D eigenvalue weighted by atomic mass is 10.0. The fraction of sp³-hybridized carbons (Fsp3) is 0.615. The Morgan fingerprint density at radius 2 is 2.24 bits per heavy atom. The molecule has 1 aromatic heterocycles. The summed E-state index contributed by atoms with van der Waals surface area (Å²) in [7, 11) is 0. The first kappa shape index (κ1) is 12.6. The van der Waals surface area contributed by atoms with Gasteiger partial charge in [-0.25, -0.2) is 0 Å². The zero-order valence-electron chi connectivity index (χ0n) is 10.2. The number of rotatable bonds is 4. The maximum absolute atomic E-state index is 12.0. The molecule has 4 heteroatoms. The van der Waals surface area contributed by atoms with E-state index in [2.05, 4.69) is 5.32 Å². The fourth-order valence-corrected chi connectivity index (χ4v) is 3.26. The van der Waals surface area contributed by atoms with E-state index < -0.39 is 5.60 Å². The van der Waals surface area contributed by atoms with Gasteiger partial charge in [-0.3, -0.25) is 4.79 Å². The van der Waals surface area contributed by atoms with Crippen molar-refractivity contribution < 1.29 is 9.90 Å². The van der Waals surface area contributed by atoms with Crippen molar-refractivity contribution in [3.63, 3.8) is 0 Å². The highest BCUT2D eigenvalue weighted by atomic mass is 32.1. The maximum atomic E-state index is 12.0. The van der Waals surface area contributed by atoms with Crippen LogP contribution < -0.4 is 5.32 Å². The molecule has 94 valence electrons. The summed E-state index contributed by atoms with van der Waals surface area (Å²) in [5.41, 5.74) is 0.421. The number of amides is 1. The Labute approximate surface area is 106 Å². The molecular weight excluding hydrogens is 234 g/mol. The van der Waals surface area contributed by atoms with E-state index in [4.69, 9.17) is 0 Å². The van der Waals surface area contributed by atoms with Crippen LogP contribution in [-0.4, -0.2) is 23.2 Å². The van der Waals surface area contributed by atoms with Gasteiger partial charge >= 0.3 is 0 Å². The molecule has 1 saturated carbocycles. The number of aliphatic hydroxyl groups is 1. The first-order chi connectivity index (χ1) is 8.14. The summed E-state index contributed by atoms with van der Waals surface area (Å²) in [5, 5.41) is 15.0. The SMILES string of the molecule is CCc1ccsc1C(=O)NCC1(O)CCCC1. The molecule has 0 atom stereocenters. The van der Waals surface area contributed by atoms with Gasteiger partial charge in [-0.1, -0.05) is 19.8 Å². The Kier molecular flexibility index (Phi) is 3.84. The average molecular weight is 253 g/mol. The minimum atomic E-state index is -0.667. The summed E-state index contributed by atoms with van der Waals surface area (Å²) in [6, 6.07) is 1.99. The largest absolute Gasteiger partial charge is 0.388 e. The number of hydrogen-bond acceptors (Lipinski definition) is 3. The molecule has 1 amide bonds. The van der Waals surface area contributed by atoms with Crippen LogP contribution in [0.5, 0.6) is 0 Å². The molecule has 2 rings (SSSR count). The predicted octanol–water partition coefficient (Wildman–Crippen LogP) is 2.35. The molecule has 1 aromatic rings. The van der Waals surface area contributed by atoms with Gasteiger partial charge in [0.15, 0.2) is 0 Å². The second kappa shape index (κ2) is 5.19. The highest BCUT2D eigenvalue weighted by molar-refractivity contribution is 7.12. The van der Waals surface area contributed by atoms with E-state index in [0.717, 1.165) is 42.5 Å². The standard InChI is InChI=1S/C13H19NO2S/c1-2-10-5-8-17-11(10)12(15)14-9-13(16)6-3-4-7-13/h5,8,16H,2-4,6-7,9H2,1H3,(H,14,15). The zero-order valence-corrected chi connectivity index (χ0v) is 11.0. The highest BCUT2D eigenvalue weighted by Crippen LogP contribution is 2.28. The molecule has 0 bridgehead atoms. The summed E-state index contributed by atoms with van der Waals surface area (Å²) in [6.45, 7) is 2.43. The molecule has 0 aliphatic heterocycles. The van der Waals surface area contributed by atoms with Crippen molar-refractivity contribution in [1.29, 1.82) is 0 Å².